The van der Waals surface area contributed by atoms with E-state index in [1.807, 2.05) is 12.1 Å². The minimum atomic E-state index is 0.677. The maximum atomic E-state index is 9.21. The van der Waals surface area contributed by atoms with Crippen molar-refractivity contribution >= 4 is 5.69 Å². The zero-order chi connectivity index (χ0) is 13.0. The van der Waals surface area contributed by atoms with Gasteiger partial charge in [-0.15, -0.1) is 0 Å². The van der Waals surface area contributed by atoms with Crippen molar-refractivity contribution in [2.75, 3.05) is 24.5 Å². The lowest BCUT2D eigenvalue weighted by molar-refractivity contribution is 0.396. The van der Waals surface area contributed by atoms with E-state index >= 15 is 0 Å². The molecule has 1 unspecified atom stereocenters. The summed E-state index contributed by atoms with van der Waals surface area (Å²) in [5, 5.41) is 9.21. The van der Waals surface area contributed by atoms with Gasteiger partial charge < -0.3 is 10.6 Å². The molecule has 1 aromatic rings. The standard InChI is InChI=1S/C15H21N3/c1-12-4-5-14(10-17)15(9-12)18-8-2-3-13(11-18)6-7-16/h4-5,9,13H,2-3,6-8,11,16H2,1H3. The van der Waals surface area contributed by atoms with Gasteiger partial charge in [-0.3, -0.25) is 0 Å². The van der Waals surface area contributed by atoms with Gasteiger partial charge in [-0.25, -0.2) is 0 Å². The maximum Gasteiger partial charge on any atom is 0.101 e. The number of nitriles is 1. The molecule has 0 radical (unpaired) electrons. The van der Waals surface area contributed by atoms with Crippen molar-refractivity contribution in [3.05, 3.63) is 29.3 Å². The zero-order valence-electron chi connectivity index (χ0n) is 11.0. The first-order chi connectivity index (χ1) is 8.74. The number of rotatable bonds is 3. The van der Waals surface area contributed by atoms with Gasteiger partial charge in [-0.1, -0.05) is 6.07 Å². The Balaban J connectivity index is 2.20. The smallest absolute Gasteiger partial charge is 0.101 e. The van der Waals surface area contributed by atoms with Gasteiger partial charge in [-0.2, -0.15) is 5.26 Å². The van der Waals surface area contributed by atoms with Gasteiger partial charge in [0, 0.05) is 13.1 Å². The van der Waals surface area contributed by atoms with Gasteiger partial charge in [0.1, 0.15) is 6.07 Å². The molecule has 2 rings (SSSR count). The summed E-state index contributed by atoms with van der Waals surface area (Å²) in [6.07, 6.45) is 3.55. The summed E-state index contributed by atoms with van der Waals surface area (Å²) in [7, 11) is 0. The summed E-state index contributed by atoms with van der Waals surface area (Å²) in [5.41, 5.74) is 8.75. The quantitative estimate of drug-likeness (QED) is 0.887. The molecule has 0 bridgehead atoms. The van der Waals surface area contributed by atoms with Crippen molar-refractivity contribution < 1.29 is 0 Å². The molecule has 2 N–H and O–H groups in total. The Morgan fingerprint density at radius 2 is 2.33 bits per heavy atom. The number of hydrogen-bond donors (Lipinski definition) is 1. The Morgan fingerprint density at radius 1 is 1.50 bits per heavy atom. The van der Waals surface area contributed by atoms with E-state index in [2.05, 4.69) is 24.0 Å². The Hall–Kier alpha value is -1.53. The largest absolute Gasteiger partial charge is 0.370 e. The Bertz CT molecular complexity index is 446. The highest BCUT2D eigenvalue weighted by atomic mass is 15.1. The molecule has 18 heavy (non-hydrogen) atoms. The van der Waals surface area contributed by atoms with Crippen LogP contribution >= 0.6 is 0 Å². The molecular formula is C15H21N3. The van der Waals surface area contributed by atoms with Gasteiger partial charge in [0.05, 0.1) is 11.3 Å². The lowest BCUT2D eigenvalue weighted by atomic mass is 9.94. The van der Waals surface area contributed by atoms with E-state index in [4.69, 9.17) is 5.73 Å². The summed E-state index contributed by atoms with van der Waals surface area (Å²) in [6.45, 7) is 4.93. The second kappa shape index (κ2) is 5.88. The van der Waals surface area contributed by atoms with Gasteiger partial charge in [0.25, 0.3) is 0 Å². The van der Waals surface area contributed by atoms with Crippen molar-refractivity contribution in [2.24, 2.45) is 11.7 Å². The molecule has 1 aromatic carbocycles. The first kappa shape index (κ1) is 12.9. The molecule has 1 atom stereocenters. The fraction of sp³-hybridized carbons (Fsp3) is 0.533. The van der Waals surface area contributed by atoms with Crippen LogP contribution in [0.5, 0.6) is 0 Å². The predicted octanol–water partition coefficient (Wildman–Crippen LogP) is 2.43. The van der Waals surface area contributed by atoms with Crippen LogP contribution in [0, 0.1) is 24.2 Å². The lowest BCUT2D eigenvalue weighted by Gasteiger charge is -2.35. The summed E-state index contributed by atoms with van der Waals surface area (Å²) in [5.74, 6) is 0.677. The van der Waals surface area contributed by atoms with Crippen LogP contribution in [0.15, 0.2) is 18.2 Å². The number of nitrogens with two attached hydrogens (primary N) is 1. The molecular weight excluding hydrogens is 222 g/mol. The number of piperidine rings is 1. The van der Waals surface area contributed by atoms with Crippen LogP contribution in [0.25, 0.3) is 0 Å². The number of nitrogens with zero attached hydrogens (tertiary/aromatic N) is 2. The molecule has 3 nitrogen and oxygen atoms in total. The van der Waals surface area contributed by atoms with E-state index in [1.54, 1.807) is 0 Å². The van der Waals surface area contributed by atoms with E-state index in [0.29, 0.717) is 5.92 Å². The number of anilines is 1. The molecule has 3 heteroatoms. The Kier molecular flexibility index (Phi) is 4.22. The highest BCUT2D eigenvalue weighted by molar-refractivity contribution is 5.60. The van der Waals surface area contributed by atoms with Gasteiger partial charge in [-0.05, 0) is 56.3 Å². The third kappa shape index (κ3) is 2.83. The highest BCUT2D eigenvalue weighted by Crippen LogP contribution is 2.28. The van der Waals surface area contributed by atoms with E-state index in [0.717, 1.165) is 37.3 Å². The molecule has 0 aromatic heterocycles. The lowest BCUT2D eigenvalue weighted by Crippen LogP contribution is -2.36. The Morgan fingerprint density at radius 3 is 3.06 bits per heavy atom. The van der Waals surface area contributed by atoms with Crippen molar-refractivity contribution in [1.29, 1.82) is 5.26 Å². The van der Waals surface area contributed by atoms with E-state index in [1.165, 1.54) is 18.4 Å². The third-order valence-electron chi connectivity index (χ3n) is 3.71. The first-order valence-electron chi connectivity index (χ1n) is 6.70. The maximum absolute atomic E-state index is 9.21. The molecule has 1 saturated heterocycles. The molecule has 0 amide bonds. The van der Waals surface area contributed by atoms with Crippen LogP contribution in [-0.2, 0) is 0 Å². The second-order valence-electron chi connectivity index (χ2n) is 5.16. The fourth-order valence-electron chi connectivity index (χ4n) is 2.75. The van der Waals surface area contributed by atoms with Gasteiger partial charge in [0.15, 0.2) is 0 Å². The number of benzene rings is 1. The monoisotopic (exact) mass is 243 g/mol. The minimum Gasteiger partial charge on any atom is -0.370 e. The van der Waals surface area contributed by atoms with Gasteiger partial charge in [0.2, 0.25) is 0 Å². The first-order valence-corrected chi connectivity index (χ1v) is 6.70. The highest BCUT2D eigenvalue weighted by Gasteiger charge is 2.21. The summed E-state index contributed by atoms with van der Waals surface area (Å²) < 4.78 is 0. The summed E-state index contributed by atoms with van der Waals surface area (Å²) in [6, 6.07) is 8.36. The van der Waals surface area contributed by atoms with Crippen molar-refractivity contribution in [2.45, 2.75) is 26.2 Å². The minimum absolute atomic E-state index is 0.677. The van der Waals surface area contributed by atoms with E-state index in [-0.39, 0.29) is 0 Å². The summed E-state index contributed by atoms with van der Waals surface area (Å²) >= 11 is 0. The SMILES string of the molecule is Cc1ccc(C#N)c(N2CCCC(CCN)C2)c1. The van der Waals surface area contributed by atoms with E-state index in [9.17, 15) is 5.26 Å². The molecule has 0 saturated carbocycles. The molecule has 1 fully saturated rings. The Labute approximate surface area is 109 Å². The number of aryl methyl sites for hydroxylation is 1. The van der Waals surface area contributed by atoms with Crippen LogP contribution in [0.1, 0.15) is 30.4 Å². The van der Waals surface area contributed by atoms with Crippen molar-refractivity contribution in [1.82, 2.24) is 0 Å². The zero-order valence-corrected chi connectivity index (χ0v) is 11.0. The molecule has 0 spiro atoms. The molecule has 1 aliphatic rings. The summed E-state index contributed by atoms with van der Waals surface area (Å²) in [4.78, 5) is 2.36. The van der Waals surface area contributed by atoms with Crippen molar-refractivity contribution in [3.63, 3.8) is 0 Å². The second-order valence-corrected chi connectivity index (χ2v) is 5.16. The van der Waals surface area contributed by atoms with Gasteiger partial charge >= 0.3 is 0 Å². The molecule has 1 heterocycles. The van der Waals surface area contributed by atoms with Crippen LogP contribution in [0.3, 0.4) is 0 Å². The van der Waals surface area contributed by atoms with Crippen LogP contribution in [0.2, 0.25) is 0 Å². The normalized spacial score (nSPS) is 19.6. The molecule has 96 valence electrons. The molecule has 0 aliphatic carbocycles. The van der Waals surface area contributed by atoms with Crippen LogP contribution < -0.4 is 10.6 Å². The fourth-order valence-corrected chi connectivity index (χ4v) is 2.75. The van der Waals surface area contributed by atoms with Crippen LogP contribution in [-0.4, -0.2) is 19.6 Å². The van der Waals surface area contributed by atoms with Crippen LogP contribution in [0.4, 0.5) is 5.69 Å². The van der Waals surface area contributed by atoms with Crippen molar-refractivity contribution in [3.8, 4) is 6.07 Å². The topological polar surface area (TPSA) is 53.0 Å². The average molecular weight is 243 g/mol. The molecule has 1 aliphatic heterocycles. The van der Waals surface area contributed by atoms with E-state index < -0.39 is 0 Å². The predicted molar refractivity (Wildman–Crippen MR) is 74.5 cm³/mol. The average Bonchev–Trinajstić information content (AvgIpc) is 2.39. The third-order valence-corrected chi connectivity index (χ3v) is 3.71. The number of hydrogen-bond acceptors (Lipinski definition) is 3.